The van der Waals surface area contributed by atoms with Gasteiger partial charge in [0.05, 0.1) is 16.7 Å². The molecule has 9 heteroatoms. The van der Waals surface area contributed by atoms with Gasteiger partial charge in [-0.25, -0.2) is 4.68 Å². The van der Waals surface area contributed by atoms with E-state index >= 15 is 0 Å². The zero-order valence-electron chi connectivity index (χ0n) is 21.4. The molecule has 8 nitrogen and oxygen atoms in total. The van der Waals surface area contributed by atoms with Gasteiger partial charge in [-0.2, -0.15) is 10.1 Å². The molecule has 2 N–H and O–H groups in total. The quantitative estimate of drug-likeness (QED) is 0.259. The average molecular weight is 574 g/mol. The van der Waals surface area contributed by atoms with Crippen LogP contribution in [0.4, 0.5) is 11.6 Å². The van der Waals surface area contributed by atoms with E-state index in [1.165, 1.54) is 6.33 Å². The van der Waals surface area contributed by atoms with Crippen molar-refractivity contribution in [2.45, 2.75) is 33.4 Å². The predicted octanol–water partition coefficient (Wildman–Crippen LogP) is 6.25. The van der Waals surface area contributed by atoms with Crippen molar-refractivity contribution in [2.24, 2.45) is 0 Å². The fourth-order valence-electron chi connectivity index (χ4n) is 4.48. The van der Waals surface area contributed by atoms with Gasteiger partial charge in [-0.05, 0) is 77.7 Å². The highest BCUT2D eigenvalue weighted by atomic mass is 79.9. The lowest BCUT2D eigenvalue weighted by Gasteiger charge is -2.29. The molecule has 1 aliphatic rings. The van der Waals surface area contributed by atoms with Crippen molar-refractivity contribution in [3.05, 3.63) is 105 Å². The molecule has 1 atom stereocenters. The van der Waals surface area contributed by atoms with Crippen LogP contribution in [0.15, 0.2) is 88.8 Å². The molecule has 38 heavy (non-hydrogen) atoms. The lowest BCUT2D eigenvalue weighted by Crippen LogP contribution is -2.31. The van der Waals surface area contributed by atoms with Crippen LogP contribution in [-0.4, -0.2) is 27.3 Å². The Morgan fingerprint density at radius 3 is 2.61 bits per heavy atom. The van der Waals surface area contributed by atoms with Gasteiger partial charge in [0.25, 0.3) is 5.91 Å². The Morgan fingerprint density at radius 1 is 1.08 bits per heavy atom. The molecule has 0 radical (unpaired) electrons. The van der Waals surface area contributed by atoms with Crippen LogP contribution in [0.5, 0.6) is 11.5 Å². The molecule has 0 spiro atoms. The highest BCUT2D eigenvalue weighted by molar-refractivity contribution is 9.10. The van der Waals surface area contributed by atoms with E-state index in [0.29, 0.717) is 52.1 Å². The normalized spacial score (nSPS) is 14.5. The Kier molecular flexibility index (Phi) is 7.46. The van der Waals surface area contributed by atoms with Crippen LogP contribution in [0.3, 0.4) is 0 Å². The molecule has 0 fully saturated rings. The molecule has 1 aromatic heterocycles. The number of aryl methyl sites for hydroxylation is 1. The van der Waals surface area contributed by atoms with E-state index < -0.39 is 6.04 Å². The lowest BCUT2D eigenvalue weighted by molar-refractivity contribution is -0.113. The zero-order valence-corrected chi connectivity index (χ0v) is 23.0. The second-order valence-electron chi connectivity index (χ2n) is 8.89. The number of allylic oxidation sites excluding steroid dienone is 1. The fraction of sp³-hybridized carbons (Fsp3) is 0.207. The Bertz CT molecular complexity index is 1500. The van der Waals surface area contributed by atoms with Gasteiger partial charge in [-0.15, -0.1) is 0 Å². The number of aromatic nitrogens is 3. The van der Waals surface area contributed by atoms with Crippen LogP contribution in [0.25, 0.3) is 0 Å². The van der Waals surface area contributed by atoms with Crippen LogP contribution in [-0.2, 0) is 11.4 Å². The summed E-state index contributed by atoms with van der Waals surface area (Å²) >= 11 is 3.70. The second kappa shape index (κ2) is 11.1. The number of hydrogen-bond acceptors (Lipinski definition) is 6. The summed E-state index contributed by atoms with van der Waals surface area (Å²) in [7, 11) is 0. The Morgan fingerprint density at radius 2 is 1.84 bits per heavy atom. The highest BCUT2D eigenvalue weighted by Crippen LogP contribution is 2.43. The molecule has 0 saturated heterocycles. The molecule has 4 aromatic rings. The number of nitrogens with zero attached hydrogens (tertiary/aromatic N) is 3. The van der Waals surface area contributed by atoms with E-state index in [1.54, 1.807) is 4.68 Å². The summed E-state index contributed by atoms with van der Waals surface area (Å²) in [5.74, 6) is 1.49. The summed E-state index contributed by atoms with van der Waals surface area (Å²) in [4.78, 5) is 17.9. The number of rotatable bonds is 8. The van der Waals surface area contributed by atoms with Crippen LogP contribution in [0.1, 0.15) is 36.6 Å². The van der Waals surface area contributed by atoms with E-state index in [2.05, 4.69) is 49.6 Å². The summed E-state index contributed by atoms with van der Waals surface area (Å²) in [5.41, 5.74) is 4.97. The highest BCUT2D eigenvalue weighted by Gasteiger charge is 2.34. The van der Waals surface area contributed by atoms with E-state index in [-0.39, 0.29) is 5.91 Å². The molecule has 2 heterocycles. The van der Waals surface area contributed by atoms with Crippen molar-refractivity contribution in [3.8, 4) is 11.5 Å². The van der Waals surface area contributed by atoms with Gasteiger partial charge in [0.15, 0.2) is 11.5 Å². The number of anilines is 2. The first-order valence-electron chi connectivity index (χ1n) is 12.3. The second-order valence-corrected chi connectivity index (χ2v) is 9.75. The minimum Gasteiger partial charge on any atom is -0.490 e. The van der Waals surface area contributed by atoms with Gasteiger partial charge in [0.1, 0.15) is 19.0 Å². The molecule has 1 aliphatic heterocycles. The number of amides is 1. The van der Waals surface area contributed by atoms with E-state index in [4.69, 9.17) is 9.47 Å². The van der Waals surface area contributed by atoms with Crippen molar-refractivity contribution in [1.29, 1.82) is 0 Å². The number of ether oxygens (including phenoxy) is 2. The number of nitrogens with one attached hydrogen (secondary N) is 2. The van der Waals surface area contributed by atoms with Gasteiger partial charge in [-0.1, -0.05) is 42.5 Å². The van der Waals surface area contributed by atoms with Gasteiger partial charge in [0.2, 0.25) is 5.95 Å². The topological polar surface area (TPSA) is 90.3 Å². The molecular formula is C29H28BrN5O3. The van der Waals surface area contributed by atoms with Crippen molar-refractivity contribution < 1.29 is 14.3 Å². The summed E-state index contributed by atoms with van der Waals surface area (Å²) < 4.78 is 14.7. The molecule has 0 saturated carbocycles. The average Bonchev–Trinajstić information content (AvgIpc) is 3.37. The Labute approximate surface area is 229 Å². The first-order valence-corrected chi connectivity index (χ1v) is 13.1. The largest absolute Gasteiger partial charge is 0.490 e. The van der Waals surface area contributed by atoms with Crippen molar-refractivity contribution >= 4 is 33.5 Å². The standard InChI is InChI=1S/C29H28BrN5O3/c1-4-37-24-15-21(14-23(30)27(24)38-16-20-11-9-8-10-18(20)2)26-25(19(3)33-29-31-17-32-35(26)29)28(36)34-22-12-6-5-7-13-22/h5-15,17,26H,4,16H2,1-3H3,(H,34,36)(H,31,32,33). The molecule has 0 bridgehead atoms. The molecular weight excluding hydrogens is 546 g/mol. The number of carbonyl (C=O) groups excluding carboxylic acids is 1. The Hall–Kier alpha value is -4.11. The Balaban J connectivity index is 1.54. The van der Waals surface area contributed by atoms with Crippen LogP contribution < -0.4 is 20.1 Å². The van der Waals surface area contributed by atoms with Gasteiger partial charge < -0.3 is 20.1 Å². The monoisotopic (exact) mass is 573 g/mol. The van der Waals surface area contributed by atoms with Crippen molar-refractivity contribution in [3.63, 3.8) is 0 Å². The van der Waals surface area contributed by atoms with Crippen LogP contribution in [0.2, 0.25) is 0 Å². The zero-order chi connectivity index (χ0) is 26.6. The first kappa shape index (κ1) is 25.5. The molecule has 1 unspecified atom stereocenters. The first-order chi connectivity index (χ1) is 18.5. The summed E-state index contributed by atoms with van der Waals surface area (Å²) in [5, 5.41) is 10.7. The van der Waals surface area contributed by atoms with Gasteiger partial charge in [0, 0.05) is 11.4 Å². The van der Waals surface area contributed by atoms with E-state index in [1.807, 2.05) is 74.5 Å². The molecule has 5 rings (SSSR count). The maximum atomic E-state index is 13.6. The fourth-order valence-corrected chi connectivity index (χ4v) is 5.06. The van der Waals surface area contributed by atoms with E-state index in [0.717, 1.165) is 16.7 Å². The van der Waals surface area contributed by atoms with Crippen LogP contribution in [0, 0.1) is 6.92 Å². The third-order valence-corrected chi connectivity index (χ3v) is 6.94. The van der Waals surface area contributed by atoms with Crippen molar-refractivity contribution in [1.82, 2.24) is 14.8 Å². The minimum atomic E-state index is -0.543. The van der Waals surface area contributed by atoms with Gasteiger partial charge >= 0.3 is 0 Å². The number of para-hydroxylation sites is 1. The van der Waals surface area contributed by atoms with Gasteiger partial charge in [-0.3, -0.25) is 4.79 Å². The van der Waals surface area contributed by atoms with Crippen molar-refractivity contribution in [2.75, 3.05) is 17.2 Å². The molecule has 1 amide bonds. The van der Waals surface area contributed by atoms with E-state index in [9.17, 15) is 4.79 Å². The summed E-state index contributed by atoms with van der Waals surface area (Å²) in [6, 6.07) is 20.8. The molecule has 0 aliphatic carbocycles. The third-order valence-electron chi connectivity index (χ3n) is 6.35. The number of benzene rings is 3. The summed E-state index contributed by atoms with van der Waals surface area (Å²) in [6.45, 7) is 6.70. The summed E-state index contributed by atoms with van der Waals surface area (Å²) in [6.07, 6.45) is 1.47. The maximum absolute atomic E-state index is 13.6. The number of hydrogen-bond donors (Lipinski definition) is 2. The smallest absolute Gasteiger partial charge is 0.255 e. The maximum Gasteiger partial charge on any atom is 0.255 e. The minimum absolute atomic E-state index is 0.235. The van der Waals surface area contributed by atoms with Crippen LogP contribution >= 0.6 is 15.9 Å². The number of halogens is 1. The third kappa shape index (κ3) is 5.15. The molecule has 194 valence electrons. The lowest BCUT2D eigenvalue weighted by atomic mass is 9.94. The number of fused-ring (bicyclic) bond motifs is 1. The SMILES string of the molecule is CCOc1cc(C2C(C(=O)Nc3ccccc3)=C(C)Nc3ncnn32)cc(Br)c1OCc1ccccc1C. The predicted molar refractivity (Wildman–Crippen MR) is 150 cm³/mol. The molecule has 3 aromatic carbocycles. The number of carbonyl (C=O) groups is 1.